The van der Waals surface area contributed by atoms with Crippen LogP contribution in [0.4, 0.5) is 23.4 Å². The summed E-state index contributed by atoms with van der Waals surface area (Å²) in [5.74, 6) is 4.05. The van der Waals surface area contributed by atoms with Crippen molar-refractivity contribution in [2.45, 2.75) is 32.5 Å². The smallest absolute Gasteiger partial charge is 0.399 e. The van der Waals surface area contributed by atoms with Crippen LogP contribution in [0.25, 0.3) is 0 Å². The van der Waals surface area contributed by atoms with Crippen LogP contribution in [-0.2, 0) is 6.18 Å². The predicted molar refractivity (Wildman–Crippen MR) is 101 cm³/mol. The van der Waals surface area contributed by atoms with Gasteiger partial charge in [0.05, 0.1) is 28.6 Å². The van der Waals surface area contributed by atoms with E-state index in [9.17, 15) is 22.4 Å². The summed E-state index contributed by atoms with van der Waals surface area (Å²) in [6.07, 6.45) is -3.35. The van der Waals surface area contributed by atoms with E-state index in [1.54, 1.807) is 19.9 Å². The number of alkyl halides is 3. The minimum Gasteiger partial charge on any atom is -0.399 e. The molecule has 0 aliphatic carbocycles. The van der Waals surface area contributed by atoms with Gasteiger partial charge in [-0.15, -0.1) is 0 Å². The normalized spacial score (nSPS) is 17.3. The molecule has 11 heteroatoms. The Morgan fingerprint density at radius 2 is 2.00 bits per heavy atom. The molecule has 1 aromatic carbocycles. The zero-order valence-electron chi connectivity index (χ0n) is 16.2. The van der Waals surface area contributed by atoms with Crippen molar-refractivity contribution in [2.24, 2.45) is 11.6 Å². The molecule has 0 bridgehead atoms. The van der Waals surface area contributed by atoms with E-state index < -0.39 is 35.1 Å². The number of hydrogen-bond acceptors (Lipinski definition) is 6. The Morgan fingerprint density at radius 1 is 1.30 bits per heavy atom. The van der Waals surface area contributed by atoms with Crippen LogP contribution in [0.2, 0.25) is 0 Å². The number of hydrogen-bond donors (Lipinski definition) is 2. The van der Waals surface area contributed by atoms with Gasteiger partial charge in [-0.25, -0.2) is 20.2 Å². The van der Waals surface area contributed by atoms with Crippen LogP contribution >= 0.6 is 0 Å². The molecule has 1 aliphatic rings. The van der Waals surface area contributed by atoms with Gasteiger partial charge in [-0.2, -0.15) is 13.2 Å². The maximum Gasteiger partial charge on any atom is 0.419 e. The fourth-order valence-electron chi connectivity index (χ4n) is 3.29. The number of halogens is 4. The Morgan fingerprint density at radius 3 is 2.63 bits per heavy atom. The van der Waals surface area contributed by atoms with Gasteiger partial charge in [0.25, 0.3) is 5.91 Å². The Balaban J connectivity index is 1.90. The second-order valence-electron chi connectivity index (χ2n) is 6.88. The fourth-order valence-corrected chi connectivity index (χ4v) is 3.29. The molecule has 0 radical (unpaired) electrons. The van der Waals surface area contributed by atoms with Gasteiger partial charge in [0, 0.05) is 24.7 Å². The lowest BCUT2D eigenvalue weighted by molar-refractivity contribution is -0.140. The van der Waals surface area contributed by atoms with Gasteiger partial charge in [-0.1, -0.05) is 6.07 Å². The van der Waals surface area contributed by atoms with Crippen LogP contribution in [0.3, 0.4) is 0 Å². The number of anilines is 1. The van der Waals surface area contributed by atoms with Crippen molar-refractivity contribution >= 4 is 11.7 Å². The van der Waals surface area contributed by atoms with E-state index in [2.05, 4.69) is 9.97 Å². The summed E-state index contributed by atoms with van der Waals surface area (Å²) in [7, 11) is 0. The molecule has 3 rings (SSSR count). The summed E-state index contributed by atoms with van der Waals surface area (Å²) in [6, 6.07) is 3.55. The Bertz CT molecular complexity index is 1010. The summed E-state index contributed by atoms with van der Waals surface area (Å²) in [5.41, 5.74) is 5.47. The van der Waals surface area contributed by atoms with Crippen molar-refractivity contribution in [2.75, 3.05) is 11.6 Å². The average molecular weight is 424 g/mol. The highest BCUT2D eigenvalue weighted by atomic mass is 19.4. The number of rotatable bonds is 3. The van der Waals surface area contributed by atoms with E-state index in [0.717, 1.165) is 12.1 Å². The van der Waals surface area contributed by atoms with E-state index in [1.807, 2.05) is 0 Å². The van der Waals surface area contributed by atoms with Gasteiger partial charge in [0.1, 0.15) is 12.1 Å². The molecule has 4 N–H and O–H groups in total. The highest BCUT2D eigenvalue weighted by Gasteiger charge is 2.38. The van der Waals surface area contributed by atoms with E-state index in [4.69, 9.17) is 11.6 Å². The molecule has 0 spiro atoms. The van der Waals surface area contributed by atoms with Crippen LogP contribution < -0.4 is 16.6 Å². The largest absolute Gasteiger partial charge is 0.419 e. The highest BCUT2D eigenvalue weighted by Crippen LogP contribution is 2.33. The van der Waals surface area contributed by atoms with Gasteiger partial charge < -0.3 is 10.6 Å². The zero-order chi connectivity index (χ0) is 22.2. The van der Waals surface area contributed by atoms with E-state index >= 15 is 0 Å². The molecule has 0 saturated carbocycles. The highest BCUT2D eigenvalue weighted by molar-refractivity contribution is 5.95. The molecule has 0 saturated heterocycles. The average Bonchev–Trinajstić information content (AvgIpc) is 2.68. The quantitative estimate of drug-likeness (QED) is 0.446. The molecule has 2 heterocycles. The molecule has 30 heavy (non-hydrogen) atoms. The van der Waals surface area contributed by atoms with Crippen LogP contribution in [0.15, 0.2) is 42.0 Å². The lowest BCUT2D eigenvalue weighted by Gasteiger charge is -2.37. The first-order valence-corrected chi connectivity index (χ1v) is 9.01. The summed E-state index contributed by atoms with van der Waals surface area (Å²) in [6.45, 7) is 3.45. The van der Waals surface area contributed by atoms with Crippen molar-refractivity contribution in [3.63, 3.8) is 0 Å². The van der Waals surface area contributed by atoms with Crippen molar-refractivity contribution in [3.05, 3.63) is 64.6 Å². The number of benzene rings is 1. The molecule has 1 unspecified atom stereocenters. The fraction of sp³-hybridized carbons (Fsp3) is 0.316. The molecular formula is C19H20F4N6O. The summed E-state index contributed by atoms with van der Waals surface area (Å²) in [4.78, 5) is 22.1. The molecule has 7 nitrogen and oxygen atoms in total. The number of carbonyl (C=O) groups is 1. The maximum absolute atomic E-state index is 14.4. The minimum absolute atomic E-state index is 0.0868. The number of amides is 1. The summed E-state index contributed by atoms with van der Waals surface area (Å²) >= 11 is 0. The molecule has 2 aromatic rings. The number of aromatic nitrogens is 2. The lowest BCUT2D eigenvalue weighted by Crippen LogP contribution is -2.49. The van der Waals surface area contributed by atoms with E-state index in [1.165, 1.54) is 16.2 Å². The SMILES string of the molecule is Cc1cc(N(N)C2=C(N)C(C)N(C(=O)c3cccc(C(F)(F)F)c3F)CC2)ncn1. The van der Waals surface area contributed by atoms with E-state index in [-0.39, 0.29) is 18.7 Å². The summed E-state index contributed by atoms with van der Waals surface area (Å²) < 4.78 is 53.4. The molecule has 0 fully saturated rings. The van der Waals surface area contributed by atoms with Gasteiger partial charge in [0.15, 0.2) is 5.82 Å². The number of hydrazine groups is 1. The maximum atomic E-state index is 14.4. The van der Waals surface area contributed by atoms with Crippen molar-refractivity contribution in [1.82, 2.24) is 14.9 Å². The Labute approximate surface area is 170 Å². The third-order valence-corrected chi connectivity index (χ3v) is 4.96. The molecular weight excluding hydrogens is 404 g/mol. The molecule has 1 atom stereocenters. The van der Waals surface area contributed by atoms with Crippen molar-refractivity contribution in [3.8, 4) is 0 Å². The second-order valence-corrected chi connectivity index (χ2v) is 6.88. The molecule has 1 amide bonds. The monoisotopic (exact) mass is 424 g/mol. The number of aryl methyl sites for hydroxylation is 1. The van der Waals surface area contributed by atoms with Gasteiger partial charge >= 0.3 is 6.18 Å². The minimum atomic E-state index is -4.91. The summed E-state index contributed by atoms with van der Waals surface area (Å²) in [5, 5.41) is 1.28. The number of nitrogens with zero attached hydrogens (tertiary/aromatic N) is 4. The van der Waals surface area contributed by atoms with Crippen LogP contribution in [-0.4, -0.2) is 33.4 Å². The Kier molecular flexibility index (Phi) is 5.66. The topological polar surface area (TPSA) is 101 Å². The van der Waals surface area contributed by atoms with Crippen molar-refractivity contribution < 1.29 is 22.4 Å². The first kappa shape index (κ1) is 21.5. The van der Waals surface area contributed by atoms with Crippen LogP contribution in [0, 0.1) is 12.7 Å². The second kappa shape index (κ2) is 7.90. The van der Waals surface area contributed by atoms with Gasteiger partial charge in [-0.05, 0) is 26.0 Å². The first-order chi connectivity index (χ1) is 14.0. The standard InChI is InChI=1S/C19H20F4N6O/c1-10-8-15(27-9-26-10)29(25)14-6-7-28(11(2)17(14)24)18(30)12-4-3-5-13(16(12)20)19(21,22)23/h3-5,8-9,11H,6-7,24-25H2,1-2H3. The zero-order valence-corrected chi connectivity index (χ0v) is 16.2. The molecule has 1 aromatic heterocycles. The molecule has 1 aliphatic heterocycles. The first-order valence-electron chi connectivity index (χ1n) is 9.01. The van der Waals surface area contributed by atoms with Crippen molar-refractivity contribution in [1.29, 1.82) is 0 Å². The lowest BCUT2D eigenvalue weighted by atomic mass is 10.0. The van der Waals surface area contributed by atoms with Crippen LogP contribution in [0.1, 0.15) is 35.0 Å². The van der Waals surface area contributed by atoms with Gasteiger partial charge in [0.2, 0.25) is 0 Å². The number of carbonyl (C=O) groups excluding carboxylic acids is 1. The Hall–Kier alpha value is -3.21. The van der Waals surface area contributed by atoms with Crippen LogP contribution in [0.5, 0.6) is 0 Å². The number of nitrogens with two attached hydrogens (primary N) is 2. The molecule has 160 valence electrons. The van der Waals surface area contributed by atoms with Gasteiger partial charge in [-0.3, -0.25) is 9.80 Å². The van der Waals surface area contributed by atoms with E-state index in [0.29, 0.717) is 23.3 Å². The third-order valence-electron chi connectivity index (χ3n) is 4.96. The predicted octanol–water partition coefficient (Wildman–Crippen LogP) is 2.73. The third kappa shape index (κ3) is 3.92.